The molecule has 3 aromatic carbocycles. The molecule has 0 fully saturated rings. The summed E-state index contributed by atoms with van der Waals surface area (Å²) in [6, 6.07) is 21.6. The third-order valence-electron chi connectivity index (χ3n) is 4.36. The average molecular weight is 445 g/mol. The van der Waals surface area contributed by atoms with E-state index in [1.54, 1.807) is 67.6 Å². The van der Waals surface area contributed by atoms with E-state index in [4.69, 9.17) is 16.3 Å². The normalized spacial score (nSPS) is 12.1. The summed E-state index contributed by atoms with van der Waals surface area (Å²) in [4.78, 5) is 12.6. The van der Waals surface area contributed by atoms with Crippen molar-refractivity contribution in [3.05, 3.63) is 83.9 Å². The lowest BCUT2D eigenvalue weighted by molar-refractivity contribution is -0.122. The number of hydrogen-bond donors (Lipinski definition) is 1. The first kappa shape index (κ1) is 21.7. The highest BCUT2D eigenvalue weighted by Gasteiger charge is 2.22. The highest BCUT2D eigenvalue weighted by molar-refractivity contribution is 7.92. The quantitative estimate of drug-likeness (QED) is 0.579. The molecule has 0 aliphatic rings. The molecule has 0 bridgehead atoms. The molecule has 0 radical (unpaired) electrons. The Morgan fingerprint density at radius 3 is 2.40 bits per heavy atom. The molecule has 6 nitrogen and oxygen atoms in total. The number of halogens is 1. The van der Waals surface area contributed by atoms with Crippen molar-refractivity contribution < 1.29 is 17.9 Å². The molecular weight excluding hydrogens is 424 g/mol. The minimum atomic E-state index is -3.79. The minimum Gasteiger partial charge on any atom is -0.481 e. The maximum atomic E-state index is 13.0. The number of hydrogen-bond acceptors (Lipinski definition) is 4. The van der Waals surface area contributed by atoms with E-state index in [-0.39, 0.29) is 4.90 Å². The second kappa shape index (κ2) is 9.19. The number of carbonyl (C=O) groups is 1. The molecule has 8 heteroatoms. The van der Waals surface area contributed by atoms with Gasteiger partial charge in [0.05, 0.1) is 10.6 Å². The van der Waals surface area contributed by atoms with Crippen LogP contribution < -0.4 is 14.4 Å². The van der Waals surface area contributed by atoms with Crippen LogP contribution >= 0.6 is 11.6 Å². The molecule has 0 spiro atoms. The summed E-state index contributed by atoms with van der Waals surface area (Å²) in [5.41, 5.74) is 0.888. The second-order valence-electron chi connectivity index (χ2n) is 6.54. The molecule has 30 heavy (non-hydrogen) atoms. The Bertz CT molecular complexity index is 1140. The Hall–Kier alpha value is -3.03. The Morgan fingerprint density at radius 1 is 1.00 bits per heavy atom. The molecule has 0 aliphatic carbocycles. The highest BCUT2D eigenvalue weighted by Crippen LogP contribution is 2.24. The number of anilines is 2. The summed E-state index contributed by atoms with van der Waals surface area (Å²) in [5, 5.41) is 3.19. The van der Waals surface area contributed by atoms with E-state index in [0.29, 0.717) is 22.1 Å². The van der Waals surface area contributed by atoms with Gasteiger partial charge in [-0.15, -0.1) is 0 Å². The molecular formula is C22H21ClN2O4S. The first-order chi connectivity index (χ1) is 14.3. The molecule has 0 saturated heterocycles. The number of ether oxygens (including phenoxy) is 1. The van der Waals surface area contributed by atoms with Gasteiger partial charge in [0.25, 0.3) is 15.9 Å². The lowest BCUT2D eigenvalue weighted by Crippen LogP contribution is -2.30. The van der Waals surface area contributed by atoms with Gasteiger partial charge in [-0.3, -0.25) is 9.10 Å². The van der Waals surface area contributed by atoms with E-state index in [2.05, 4.69) is 5.32 Å². The van der Waals surface area contributed by atoms with Crippen molar-refractivity contribution in [2.24, 2.45) is 0 Å². The minimum absolute atomic E-state index is 0.0649. The zero-order valence-electron chi connectivity index (χ0n) is 16.4. The van der Waals surface area contributed by atoms with Gasteiger partial charge in [0, 0.05) is 17.8 Å². The van der Waals surface area contributed by atoms with Crippen LogP contribution in [0.5, 0.6) is 5.75 Å². The SMILES string of the molecule is CC(Oc1cccc(Cl)c1)C(=O)Nc1cccc(S(=O)(=O)N(C)c2ccccc2)c1. The lowest BCUT2D eigenvalue weighted by atomic mass is 10.3. The fraction of sp³-hybridized carbons (Fsp3) is 0.136. The summed E-state index contributed by atoms with van der Waals surface area (Å²) < 4.78 is 32.7. The van der Waals surface area contributed by atoms with Crippen LogP contribution in [0.1, 0.15) is 6.92 Å². The Labute approximate surface area is 181 Å². The summed E-state index contributed by atoms with van der Waals surface area (Å²) in [5.74, 6) is 0.0481. The Morgan fingerprint density at radius 2 is 1.70 bits per heavy atom. The standard InChI is InChI=1S/C22H21ClN2O4S/c1-16(29-20-12-6-8-17(23)14-20)22(26)24-18-9-7-13-21(15-18)30(27,28)25(2)19-10-4-3-5-11-19/h3-16H,1-2H3,(H,24,26). The van der Waals surface area contributed by atoms with E-state index in [1.807, 2.05) is 6.07 Å². The van der Waals surface area contributed by atoms with Gasteiger partial charge >= 0.3 is 0 Å². The van der Waals surface area contributed by atoms with Gasteiger partial charge < -0.3 is 10.1 Å². The topological polar surface area (TPSA) is 75.7 Å². The molecule has 1 unspecified atom stereocenters. The molecule has 0 heterocycles. The van der Waals surface area contributed by atoms with Crippen molar-refractivity contribution >= 4 is 38.9 Å². The van der Waals surface area contributed by atoms with Gasteiger partial charge in [-0.25, -0.2) is 8.42 Å². The van der Waals surface area contributed by atoms with Gasteiger partial charge in [-0.1, -0.05) is 41.9 Å². The van der Waals surface area contributed by atoms with Crippen LogP contribution in [0.3, 0.4) is 0 Å². The van der Waals surface area contributed by atoms with Crippen LogP contribution in [0.2, 0.25) is 5.02 Å². The second-order valence-corrected chi connectivity index (χ2v) is 8.95. The zero-order valence-corrected chi connectivity index (χ0v) is 18.0. The monoisotopic (exact) mass is 444 g/mol. The lowest BCUT2D eigenvalue weighted by Gasteiger charge is -2.20. The van der Waals surface area contributed by atoms with Crippen molar-refractivity contribution in [3.63, 3.8) is 0 Å². The van der Waals surface area contributed by atoms with Gasteiger partial charge in [0.15, 0.2) is 6.10 Å². The van der Waals surface area contributed by atoms with E-state index in [0.717, 1.165) is 0 Å². The van der Waals surface area contributed by atoms with Gasteiger partial charge in [0.2, 0.25) is 0 Å². The third-order valence-corrected chi connectivity index (χ3v) is 6.37. The predicted molar refractivity (Wildman–Crippen MR) is 119 cm³/mol. The number of nitrogens with zero attached hydrogens (tertiary/aromatic N) is 1. The molecule has 0 saturated carbocycles. The van der Waals surface area contributed by atoms with Gasteiger partial charge in [-0.2, -0.15) is 0 Å². The highest BCUT2D eigenvalue weighted by atomic mass is 35.5. The Kier molecular flexibility index (Phi) is 6.64. The molecule has 156 valence electrons. The number of amides is 1. The molecule has 0 aromatic heterocycles. The number of nitrogens with one attached hydrogen (secondary N) is 1. The number of sulfonamides is 1. The van der Waals surface area contributed by atoms with Crippen LogP contribution in [0, 0.1) is 0 Å². The fourth-order valence-corrected chi connectivity index (χ4v) is 4.13. The maximum absolute atomic E-state index is 13.0. The van der Waals surface area contributed by atoms with Crippen LogP contribution in [0.25, 0.3) is 0 Å². The van der Waals surface area contributed by atoms with Gasteiger partial charge in [-0.05, 0) is 55.5 Å². The summed E-state index contributed by atoms with van der Waals surface area (Å²) in [6.07, 6.45) is -0.810. The van der Waals surface area contributed by atoms with Crippen molar-refractivity contribution in [3.8, 4) is 5.75 Å². The van der Waals surface area contributed by atoms with Crippen LogP contribution in [0.4, 0.5) is 11.4 Å². The summed E-state index contributed by atoms with van der Waals surface area (Å²) in [6.45, 7) is 1.60. The van der Waals surface area contributed by atoms with Crippen LogP contribution in [0.15, 0.2) is 83.8 Å². The summed E-state index contributed by atoms with van der Waals surface area (Å²) >= 11 is 5.93. The summed E-state index contributed by atoms with van der Waals surface area (Å²) in [7, 11) is -2.30. The van der Waals surface area contributed by atoms with Crippen LogP contribution in [-0.4, -0.2) is 27.5 Å². The van der Waals surface area contributed by atoms with Crippen molar-refractivity contribution in [2.45, 2.75) is 17.9 Å². The number of para-hydroxylation sites is 1. The smallest absolute Gasteiger partial charge is 0.265 e. The molecule has 1 atom stereocenters. The first-order valence-electron chi connectivity index (χ1n) is 9.14. The number of benzene rings is 3. The predicted octanol–water partition coefficient (Wildman–Crippen LogP) is 4.57. The molecule has 3 aromatic rings. The number of carbonyl (C=O) groups excluding carboxylic acids is 1. The largest absolute Gasteiger partial charge is 0.481 e. The molecule has 0 aliphatic heterocycles. The van der Waals surface area contributed by atoms with E-state index < -0.39 is 22.0 Å². The van der Waals surface area contributed by atoms with Crippen molar-refractivity contribution in [1.82, 2.24) is 0 Å². The molecule has 1 amide bonds. The van der Waals surface area contributed by atoms with E-state index >= 15 is 0 Å². The molecule has 1 N–H and O–H groups in total. The number of rotatable bonds is 7. The first-order valence-corrected chi connectivity index (χ1v) is 11.0. The average Bonchev–Trinajstić information content (AvgIpc) is 2.74. The Balaban J connectivity index is 1.74. The fourth-order valence-electron chi connectivity index (χ4n) is 2.71. The van der Waals surface area contributed by atoms with Gasteiger partial charge in [0.1, 0.15) is 5.75 Å². The maximum Gasteiger partial charge on any atom is 0.265 e. The van der Waals surface area contributed by atoms with Crippen LogP contribution in [-0.2, 0) is 14.8 Å². The molecule has 3 rings (SSSR count). The van der Waals surface area contributed by atoms with Crippen molar-refractivity contribution in [1.29, 1.82) is 0 Å². The van der Waals surface area contributed by atoms with E-state index in [1.165, 1.54) is 23.5 Å². The van der Waals surface area contributed by atoms with Crippen molar-refractivity contribution in [2.75, 3.05) is 16.7 Å². The van der Waals surface area contributed by atoms with E-state index in [9.17, 15) is 13.2 Å². The zero-order chi connectivity index (χ0) is 21.7. The third kappa shape index (κ3) is 5.11.